The number of hydrogen-bond donors (Lipinski definition) is 2. The van der Waals surface area contributed by atoms with E-state index in [0.29, 0.717) is 10.2 Å². The zero-order valence-corrected chi connectivity index (χ0v) is 17.2. The van der Waals surface area contributed by atoms with Crippen LogP contribution in [0.2, 0.25) is 5.02 Å². The van der Waals surface area contributed by atoms with Gasteiger partial charge in [-0.2, -0.15) is 0 Å². The molecule has 146 valence electrons. The van der Waals surface area contributed by atoms with Crippen molar-refractivity contribution in [1.82, 2.24) is 14.6 Å². The minimum atomic E-state index is -3.58. The fraction of sp³-hybridized carbons (Fsp3) is 0.118. The van der Waals surface area contributed by atoms with Gasteiger partial charge in [0.05, 0.1) is 25.7 Å². The molecule has 0 spiro atoms. The van der Waals surface area contributed by atoms with Crippen molar-refractivity contribution in [2.45, 2.75) is 4.90 Å². The van der Waals surface area contributed by atoms with E-state index in [2.05, 4.69) is 15.6 Å². The monoisotopic (exact) mass is 438 g/mol. The number of nitrogens with zero attached hydrogens (tertiary/aromatic N) is 2. The van der Waals surface area contributed by atoms with E-state index in [1.54, 1.807) is 24.3 Å². The van der Waals surface area contributed by atoms with Crippen LogP contribution in [0.4, 0.5) is 9.93 Å². The lowest BCUT2D eigenvalue weighted by molar-refractivity contribution is 0.0967. The molecule has 0 unspecified atom stereocenters. The van der Waals surface area contributed by atoms with Crippen LogP contribution in [-0.2, 0) is 10.0 Å². The van der Waals surface area contributed by atoms with Gasteiger partial charge < -0.3 is 0 Å². The maximum absolute atomic E-state index is 12.2. The number of urea groups is 1. The van der Waals surface area contributed by atoms with E-state index in [1.807, 2.05) is 0 Å². The molecule has 0 aliphatic heterocycles. The highest BCUT2D eigenvalue weighted by atomic mass is 35.5. The molecule has 0 aliphatic carbocycles. The molecular weight excluding hydrogens is 424 g/mol. The zero-order chi connectivity index (χ0) is 20.5. The summed E-state index contributed by atoms with van der Waals surface area (Å²) in [6.45, 7) is 0. The molecule has 1 heterocycles. The lowest BCUT2D eigenvalue weighted by Crippen LogP contribution is -2.34. The van der Waals surface area contributed by atoms with Crippen molar-refractivity contribution < 1.29 is 18.0 Å². The SMILES string of the molecule is CN(C)S(=O)(=O)c1ccc2nc(NC(=O)NC(=O)c3ccccc3Cl)sc2c1. The van der Waals surface area contributed by atoms with E-state index < -0.39 is 22.0 Å². The van der Waals surface area contributed by atoms with Gasteiger partial charge in [-0.25, -0.2) is 22.5 Å². The highest BCUT2D eigenvalue weighted by Gasteiger charge is 2.19. The van der Waals surface area contributed by atoms with E-state index in [9.17, 15) is 18.0 Å². The maximum Gasteiger partial charge on any atom is 0.327 e. The smallest absolute Gasteiger partial charge is 0.283 e. The molecule has 3 amide bonds. The lowest BCUT2D eigenvalue weighted by atomic mass is 10.2. The van der Waals surface area contributed by atoms with Gasteiger partial charge in [0.15, 0.2) is 5.13 Å². The number of amides is 3. The van der Waals surface area contributed by atoms with Gasteiger partial charge in [0, 0.05) is 14.1 Å². The third kappa shape index (κ3) is 4.14. The quantitative estimate of drug-likeness (QED) is 0.650. The van der Waals surface area contributed by atoms with Gasteiger partial charge in [-0.05, 0) is 30.3 Å². The second-order valence-electron chi connectivity index (χ2n) is 5.82. The van der Waals surface area contributed by atoms with E-state index in [0.717, 1.165) is 15.6 Å². The summed E-state index contributed by atoms with van der Waals surface area (Å²) in [5.41, 5.74) is 0.692. The molecule has 1 aromatic heterocycles. The second kappa shape index (κ2) is 7.84. The number of nitrogens with one attached hydrogen (secondary N) is 2. The predicted molar refractivity (Wildman–Crippen MR) is 108 cm³/mol. The summed E-state index contributed by atoms with van der Waals surface area (Å²) in [7, 11) is -0.689. The van der Waals surface area contributed by atoms with Crippen LogP contribution in [0.1, 0.15) is 10.4 Å². The Morgan fingerprint density at radius 1 is 1.14 bits per heavy atom. The normalized spacial score (nSPS) is 11.6. The summed E-state index contributed by atoms with van der Waals surface area (Å²) in [6, 6.07) is 10.1. The highest BCUT2D eigenvalue weighted by Crippen LogP contribution is 2.28. The van der Waals surface area contributed by atoms with Gasteiger partial charge in [-0.3, -0.25) is 15.4 Å². The first-order valence-electron chi connectivity index (χ1n) is 7.88. The maximum atomic E-state index is 12.2. The number of sulfonamides is 1. The van der Waals surface area contributed by atoms with Crippen molar-refractivity contribution in [3.05, 3.63) is 53.1 Å². The summed E-state index contributed by atoms with van der Waals surface area (Å²) in [6.07, 6.45) is 0. The van der Waals surface area contributed by atoms with Crippen LogP contribution in [0.15, 0.2) is 47.4 Å². The van der Waals surface area contributed by atoms with Crippen molar-refractivity contribution in [2.24, 2.45) is 0 Å². The number of rotatable bonds is 4. The number of halogens is 1. The van der Waals surface area contributed by atoms with Gasteiger partial charge in [-0.1, -0.05) is 35.1 Å². The van der Waals surface area contributed by atoms with Gasteiger partial charge in [-0.15, -0.1) is 0 Å². The summed E-state index contributed by atoms with van der Waals surface area (Å²) in [5.74, 6) is -0.649. The predicted octanol–water partition coefficient (Wildman–Crippen LogP) is 3.16. The van der Waals surface area contributed by atoms with Crippen LogP contribution >= 0.6 is 22.9 Å². The van der Waals surface area contributed by atoms with Crippen LogP contribution in [0.25, 0.3) is 10.2 Å². The molecule has 2 N–H and O–H groups in total. The molecule has 0 saturated heterocycles. The topological polar surface area (TPSA) is 108 Å². The molecule has 0 atom stereocenters. The summed E-state index contributed by atoms with van der Waals surface area (Å²) < 4.78 is 26.1. The first kappa shape index (κ1) is 20.2. The van der Waals surface area contributed by atoms with E-state index in [-0.39, 0.29) is 20.6 Å². The van der Waals surface area contributed by atoms with E-state index in [4.69, 9.17) is 11.6 Å². The van der Waals surface area contributed by atoms with Crippen molar-refractivity contribution in [3.63, 3.8) is 0 Å². The Bertz CT molecular complexity index is 1170. The standard InChI is InChI=1S/C17H15ClN4O4S2/c1-22(2)28(25,26)10-7-8-13-14(9-10)27-17(19-13)21-16(24)20-15(23)11-5-3-4-6-12(11)18/h3-9H,1-2H3,(H2,19,20,21,23,24). The number of benzene rings is 2. The zero-order valence-electron chi connectivity index (χ0n) is 14.8. The van der Waals surface area contributed by atoms with E-state index >= 15 is 0 Å². The number of carbonyl (C=O) groups is 2. The Kier molecular flexibility index (Phi) is 5.66. The molecule has 0 aliphatic rings. The molecule has 0 saturated carbocycles. The van der Waals surface area contributed by atoms with Gasteiger partial charge in [0.25, 0.3) is 5.91 Å². The summed E-state index contributed by atoms with van der Waals surface area (Å²) in [5, 5.41) is 5.08. The van der Waals surface area contributed by atoms with Crippen molar-refractivity contribution in [1.29, 1.82) is 0 Å². The summed E-state index contributed by atoms with van der Waals surface area (Å²) in [4.78, 5) is 28.5. The fourth-order valence-electron chi connectivity index (χ4n) is 2.27. The Hall–Kier alpha value is -2.53. The molecule has 3 rings (SSSR count). The van der Waals surface area contributed by atoms with Crippen LogP contribution in [0.3, 0.4) is 0 Å². The van der Waals surface area contributed by atoms with Crippen LogP contribution in [-0.4, -0.2) is 43.7 Å². The minimum Gasteiger partial charge on any atom is -0.283 e. The van der Waals surface area contributed by atoms with E-state index in [1.165, 1.54) is 32.3 Å². The number of fused-ring (bicyclic) bond motifs is 1. The molecule has 0 radical (unpaired) electrons. The molecule has 3 aromatic rings. The first-order valence-corrected chi connectivity index (χ1v) is 10.5. The summed E-state index contributed by atoms with van der Waals surface area (Å²) >= 11 is 7.02. The lowest BCUT2D eigenvalue weighted by Gasteiger charge is -2.10. The number of aromatic nitrogens is 1. The Labute approximate surface area is 170 Å². The number of hydrogen-bond acceptors (Lipinski definition) is 6. The first-order chi connectivity index (χ1) is 13.2. The number of carbonyl (C=O) groups excluding carboxylic acids is 2. The molecule has 0 fully saturated rings. The number of anilines is 1. The molecular formula is C17H15ClN4O4S2. The van der Waals surface area contributed by atoms with Crippen LogP contribution in [0.5, 0.6) is 0 Å². The van der Waals surface area contributed by atoms with Gasteiger partial charge >= 0.3 is 6.03 Å². The fourth-order valence-corrected chi connectivity index (χ4v) is 4.40. The average Bonchev–Trinajstić information content (AvgIpc) is 3.02. The molecule has 8 nitrogen and oxygen atoms in total. The van der Waals surface area contributed by atoms with Gasteiger partial charge in [0.1, 0.15) is 0 Å². The molecule has 0 bridgehead atoms. The minimum absolute atomic E-state index is 0.124. The average molecular weight is 439 g/mol. The Balaban J connectivity index is 1.76. The molecule has 2 aromatic carbocycles. The number of imide groups is 1. The largest absolute Gasteiger partial charge is 0.327 e. The Morgan fingerprint density at radius 3 is 2.54 bits per heavy atom. The van der Waals surface area contributed by atoms with Crippen molar-refractivity contribution >= 4 is 60.2 Å². The molecule has 11 heteroatoms. The van der Waals surface area contributed by atoms with Crippen LogP contribution < -0.4 is 10.6 Å². The highest BCUT2D eigenvalue weighted by molar-refractivity contribution is 7.89. The van der Waals surface area contributed by atoms with Crippen molar-refractivity contribution in [3.8, 4) is 0 Å². The Morgan fingerprint density at radius 2 is 1.86 bits per heavy atom. The van der Waals surface area contributed by atoms with Crippen LogP contribution in [0, 0.1) is 0 Å². The number of thiazole rings is 1. The van der Waals surface area contributed by atoms with Crippen molar-refractivity contribution in [2.75, 3.05) is 19.4 Å². The second-order valence-corrected chi connectivity index (χ2v) is 9.41. The van der Waals surface area contributed by atoms with Gasteiger partial charge in [0.2, 0.25) is 10.0 Å². The molecule has 28 heavy (non-hydrogen) atoms. The third-order valence-corrected chi connectivity index (χ3v) is 6.78. The third-order valence-electron chi connectivity index (χ3n) is 3.70.